The first kappa shape index (κ1) is 14.1. The molecule has 0 aliphatic carbocycles. The number of hydrogen-bond donors (Lipinski definition) is 1. The minimum Gasteiger partial charge on any atom is -0.489 e. The van der Waals surface area contributed by atoms with Gasteiger partial charge in [-0.15, -0.1) is 0 Å². The Balaban J connectivity index is 1.96. The van der Waals surface area contributed by atoms with E-state index < -0.39 is 0 Å². The van der Waals surface area contributed by atoms with Crippen LogP contribution in [0.2, 0.25) is 0 Å². The highest BCUT2D eigenvalue weighted by Crippen LogP contribution is 2.21. The van der Waals surface area contributed by atoms with Gasteiger partial charge in [0.25, 0.3) is 0 Å². The Morgan fingerprint density at radius 1 is 1.16 bits per heavy atom. The van der Waals surface area contributed by atoms with Gasteiger partial charge in [-0.2, -0.15) is 0 Å². The second kappa shape index (κ2) is 6.73. The zero-order valence-corrected chi connectivity index (χ0v) is 12.4. The molecule has 2 aromatic carbocycles. The van der Waals surface area contributed by atoms with E-state index in [-0.39, 0.29) is 6.10 Å². The van der Waals surface area contributed by atoms with Crippen LogP contribution in [-0.2, 0) is 6.61 Å². The predicted octanol–water partition coefficient (Wildman–Crippen LogP) is 4.47. The molecule has 2 aromatic rings. The fourth-order valence-electron chi connectivity index (χ4n) is 1.82. The molecule has 0 heterocycles. The molecule has 2 rings (SSSR count). The summed E-state index contributed by atoms with van der Waals surface area (Å²) < 4.78 is 6.76. The number of benzene rings is 2. The Morgan fingerprint density at radius 2 is 1.89 bits per heavy atom. The summed E-state index contributed by atoms with van der Waals surface area (Å²) in [6, 6.07) is 15.6. The van der Waals surface area contributed by atoms with Crippen LogP contribution in [0.4, 0.5) is 0 Å². The van der Waals surface area contributed by atoms with Gasteiger partial charge in [0.1, 0.15) is 12.4 Å². The van der Waals surface area contributed by atoms with E-state index >= 15 is 0 Å². The molecule has 0 amide bonds. The van der Waals surface area contributed by atoms with Crippen molar-refractivity contribution >= 4 is 15.9 Å². The summed E-state index contributed by atoms with van der Waals surface area (Å²) >= 11 is 3.44. The van der Waals surface area contributed by atoms with Gasteiger partial charge in [-0.05, 0) is 41.8 Å². The third-order valence-electron chi connectivity index (χ3n) is 2.95. The number of rotatable bonds is 5. The molecular formula is C16H17BrO2. The van der Waals surface area contributed by atoms with Crippen LogP contribution in [-0.4, -0.2) is 5.11 Å². The summed E-state index contributed by atoms with van der Waals surface area (Å²) in [4.78, 5) is 0. The highest BCUT2D eigenvalue weighted by molar-refractivity contribution is 9.10. The van der Waals surface area contributed by atoms with Gasteiger partial charge < -0.3 is 9.84 Å². The summed E-state index contributed by atoms with van der Waals surface area (Å²) in [5, 5.41) is 9.71. The summed E-state index contributed by atoms with van der Waals surface area (Å²) in [6.45, 7) is 2.50. The van der Waals surface area contributed by atoms with E-state index in [2.05, 4.69) is 15.9 Å². The molecule has 2 nitrogen and oxygen atoms in total. The maximum Gasteiger partial charge on any atom is 0.119 e. The molecule has 0 aromatic heterocycles. The van der Waals surface area contributed by atoms with Gasteiger partial charge in [-0.1, -0.05) is 47.1 Å². The van der Waals surface area contributed by atoms with Crippen LogP contribution in [0, 0.1) is 0 Å². The van der Waals surface area contributed by atoms with Crippen molar-refractivity contribution in [3.63, 3.8) is 0 Å². The van der Waals surface area contributed by atoms with E-state index in [1.54, 1.807) is 0 Å². The third-order valence-corrected chi connectivity index (χ3v) is 3.44. The normalized spacial score (nSPS) is 12.2. The lowest BCUT2D eigenvalue weighted by molar-refractivity contribution is 0.173. The molecule has 1 atom stereocenters. The average molecular weight is 321 g/mol. The number of aliphatic hydroxyl groups excluding tert-OH is 1. The van der Waals surface area contributed by atoms with Gasteiger partial charge >= 0.3 is 0 Å². The summed E-state index contributed by atoms with van der Waals surface area (Å²) in [5.74, 6) is 0.812. The fraction of sp³-hybridized carbons (Fsp3) is 0.250. The van der Waals surface area contributed by atoms with Gasteiger partial charge in [-0.3, -0.25) is 0 Å². The van der Waals surface area contributed by atoms with Crippen molar-refractivity contribution in [2.24, 2.45) is 0 Å². The summed E-state index contributed by atoms with van der Waals surface area (Å²) in [5.41, 5.74) is 2.05. The molecule has 19 heavy (non-hydrogen) atoms. The Hall–Kier alpha value is -1.32. The van der Waals surface area contributed by atoms with Gasteiger partial charge in [0.15, 0.2) is 0 Å². The van der Waals surface area contributed by atoms with Crippen LogP contribution in [0.3, 0.4) is 0 Å². The minimum absolute atomic E-state index is 0.390. The highest BCUT2D eigenvalue weighted by Gasteiger charge is 2.04. The average Bonchev–Trinajstić information content (AvgIpc) is 2.45. The maximum absolute atomic E-state index is 9.71. The molecule has 0 unspecified atom stereocenters. The van der Waals surface area contributed by atoms with Crippen molar-refractivity contribution in [2.75, 3.05) is 0 Å². The monoisotopic (exact) mass is 320 g/mol. The van der Waals surface area contributed by atoms with Gasteiger partial charge in [-0.25, -0.2) is 0 Å². The highest BCUT2D eigenvalue weighted by atomic mass is 79.9. The fourth-order valence-corrected chi connectivity index (χ4v) is 2.26. The van der Waals surface area contributed by atoms with Crippen molar-refractivity contribution in [3.8, 4) is 5.75 Å². The lowest BCUT2D eigenvalue weighted by Gasteiger charge is -2.10. The zero-order valence-electron chi connectivity index (χ0n) is 10.8. The second-order valence-electron chi connectivity index (χ2n) is 4.41. The molecule has 0 saturated carbocycles. The Bertz CT molecular complexity index is 523. The molecule has 0 spiro atoms. The van der Waals surface area contributed by atoms with E-state index in [1.807, 2.05) is 55.5 Å². The number of hydrogen-bond acceptors (Lipinski definition) is 2. The SMILES string of the molecule is CC[C@@H](O)c1ccc(OCc2cccc(Br)c2)cc1. The van der Waals surface area contributed by atoms with E-state index in [9.17, 15) is 5.11 Å². The van der Waals surface area contributed by atoms with Crippen molar-refractivity contribution in [1.29, 1.82) is 0 Å². The van der Waals surface area contributed by atoms with Crippen molar-refractivity contribution in [1.82, 2.24) is 0 Å². The lowest BCUT2D eigenvalue weighted by atomic mass is 10.1. The third kappa shape index (κ3) is 4.08. The summed E-state index contributed by atoms with van der Waals surface area (Å²) in [7, 11) is 0. The molecule has 1 N–H and O–H groups in total. The molecule has 0 aliphatic heterocycles. The largest absolute Gasteiger partial charge is 0.489 e. The van der Waals surface area contributed by atoms with E-state index in [4.69, 9.17) is 4.74 Å². The topological polar surface area (TPSA) is 29.5 Å². The first-order chi connectivity index (χ1) is 9.19. The van der Waals surface area contributed by atoms with Crippen LogP contribution in [0.1, 0.15) is 30.6 Å². The molecule has 0 bridgehead atoms. The van der Waals surface area contributed by atoms with Crippen molar-refractivity contribution < 1.29 is 9.84 Å². The summed E-state index contributed by atoms with van der Waals surface area (Å²) in [6.07, 6.45) is 0.331. The molecule has 0 saturated heterocycles. The molecule has 0 radical (unpaired) electrons. The van der Waals surface area contributed by atoms with Gasteiger partial charge in [0.05, 0.1) is 6.10 Å². The van der Waals surface area contributed by atoms with Crippen molar-refractivity contribution in [3.05, 3.63) is 64.1 Å². The van der Waals surface area contributed by atoms with E-state index in [1.165, 1.54) is 0 Å². The van der Waals surface area contributed by atoms with Crippen LogP contribution in [0.5, 0.6) is 5.75 Å². The Morgan fingerprint density at radius 3 is 2.53 bits per heavy atom. The lowest BCUT2D eigenvalue weighted by Crippen LogP contribution is -1.97. The number of aliphatic hydroxyl groups is 1. The van der Waals surface area contributed by atoms with Gasteiger partial charge in [0, 0.05) is 4.47 Å². The van der Waals surface area contributed by atoms with E-state index in [0.717, 1.165) is 27.8 Å². The first-order valence-corrected chi connectivity index (χ1v) is 7.13. The van der Waals surface area contributed by atoms with E-state index in [0.29, 0.717) is 6.61 Å². The first-order valence-electron chi connectivity index (χ1n) is 6.34. The van der Waals surface area contributed by atoms with Crippen molar-refractivity contribution in [2.45, 2.75) is 26.1 Å². The Kier molecular flexibility index (Phi) is 5.00. The molecular weight excluding hydrogens is 304 g/mol. The predicted molar refractivity (Wildman–Crippen MR) is 80.2 cm³/mol. The molecule has 3 heteroatoms. The maximum atomic E-state index is 9.71. The minimum atomic E-state index is -0.390. The Labute approximate surface area is 122 Å². The molecule has 100 valence electrons. The quantitative estimate of drug-likeness (QED) is 0.880. The number of halogens is 1. The van der Waals surface area contributed by atoms with Crippen LogP contribution in [0.25, 0.3) is 0 Å². The van der Waals surface area contributed by atoms with Crippen LogP contribution in [0.15, 0.2) is 53.0 Å². The van der Waals surface area contributed by atoms with Crippen LogP contribution < -0.4 is 4.74 Å². The number of ether oxygens (including phenoxy) is 1. The molecule has 0 aliphatic rings. The smallest absolute Gasteiger partial charge is 0.119 e. The van der Waals surface area contributed by atoms with Gasteiger partial charge in [0.2, 0.25) is 0 Å². The molecule has 0 fully saturated rings. The zero-order chi connectivity index (χ0) is 13.7. The second-order valence-corrected chi connectivity index (χ2v) is 5.33. The van der Waals surface area contributed by atoms with Crippen LogP contribution >= 0.6 is 15.9 Å². The standard InChI is InChI=1S/C16H17BrO2/c1-2-16(18)13-6-8-15(9-7-13)19-11-12-4-3-5-14(17)10-12/h3-10,16,18H,2,11H2,1H3/t16-/m1/s1.